The van der Waals surface area contributed by atoms with Crippen LogP contribution in [0.5, 0.6) is 0 Å². The Bertz CT molecular complexity index is 889. The lowest BCUT2D eigenvalue weighted by atomic mass is 9.92. The Morgan fingerprint density at radius 3 is 2.33 bits per heavy atom. The number of morpholine rings is 1. The van der Waals surface area contributed by atoms with Crippen LogP contribution < -0.4 is 5.73 Å². The molecule has 0 saturated carbocycles. The molecule has 2 fully saturated rings. The molecular formula is C23H28N4O3. The summed E-state index contributed by atoms with van der Waals surface area (Å²) in [5.41, 5.74) is 8.54. The molecule has 7 heteroatoms. The van der Waals surface area contributed by atoms with Crippen molar-refractivity contribution >= 4 is 17.6 Å². The summed E-state index contributed by atoms with van der Waals surface area (Å²) in [6.45, 7) is 3.70. The number of benzene rings is 1. The lowest BCUT2D eigenvalue weighted by Crippen LogP contribution is -2.41. The van der Waals surface area contributed by atoms with Crippen LogP contribution in [0.4, 0.5) is 5.82 Å². The number of likely N-dealkylation sites (tertiary alicyclic amines) is 1. The number of rotatable bonds is 4. The van der Waals surface area contributed by atoms with Crippen molar-refractivity contribution in [1.82, 2.24) is 14.8 Å². The molecule has 4 rings (SSSR count). The third kappa shape index (κ3) is 4.62. The topological polar surface area (TPSA) is 88.8 Å². The van der Waals surface area contributed by atoms with Crippen molar-refractivity contribution < 1.29 is 14.3 Å². The number of nitrogens with two attached hydrogens (primary N) is 1. The Labute approximate surface area is 176 Å². The van der Waals surface area contributed by atoms with Crippen molar-refractivity contribution in [3.05, 3.63) is 59.3 Å². The van der Waals surface area contributed by atoms with Gasteiger partial charge in [0.15, 0.2) is 0 Å². The fraction of sp³-hybridized carbons (Fsp3) is 0.435. The van der Waals surface area contributed by atoms with E-state index in [1.165, 1.54) is 0 Å². The van der Waals surface area contributed by atoms with E-state index in [2.05, 4.69) is 4.98 Å². The van der Waals surface area contributed by atoms with Crippen LogP contribution in [0.1, 0.15) is 40.4 Å². The zero-order chi connectivity index (χ0) is 20.9. The van der Waals surface area contributed by atoms with Gasteiger partial charge in [0.2, 0.25) is 5.91 Å². The van der Waals surface area contributed by atoms with Gasteiger partial charge in [-0.15, -0.1) is 0 Å². The highest BCUT2D eigenvalue weighted by Crippen LogP contribution is 2.28. The van der Waals surface area contributed by atoms with Gasteiger partial charge in [-0.2, -0.15) is 0 Å². The summed E-state index contributed by atoms with van der Waals surface area (Å²) in [7, 11) is 0. The van der Waals surface area contributed by atoms with Gasteiger partial charge in [0.1, 0.15) is 5.82 Å². The van der Waals surface area contributed by atoms with Crippen molar-refractivity contribution in [1.29, 1.82) is 0 Å². The maximum atomic E-state index is 12.7. The number of piperidine rings is 1. The maximum absolute atomic E-state index is 12.7. The molecule has 2 amide bonds. The van der Waals surface area contributed by atoms with Crippen molar-refractivity contribution in [2.24, 2.45) is 0 Å². The second-order valence-corrected chi connectivity index (χ2v) is 7.89. The molecule has 2 N–H and O–H groups in total. The number of carbonyl (C=O) groups is 2. The predicted molar refractivity (Wildman–Crippen MR) is 114 cm³/mol. The monoisotopic (exact) mass is 408 g/mol. The molecule has 1 aromatic carbocycles. The highest BCUT2D eigenvalue weighted by atomic mass is 16.5. The van der Waals surface area contributed by atoms with E-state index in [9.17, 15) is 9.59 Å². The van der Waals surface area contributed by atoms with E-state index in [1.807, 2.05) is 41.3 Å². The number of ether oxygens (including phenoxy) is 1. The van der Waals surface area contributed by atoms with Gasteiger partial charge >= 0.3 is 0 Å². The van der Waals surface area contributed by atoms with E-state index in [1.54, 1.807) is 11.0 Å². The number of nitrogens with zero attached hydrogens (tertiary/aromatic N) is 3. The van der Waals surface area contributed by atoms with Crippen molar-refractivity contribution in [2.75, 3.05) is 45.1 Å². The zero-order valence-electron chi connectivity index (χ0n) is 17.1. The fourth-order valence-corrected chi connectivity index (χ4v) is 4.14. The average molecular weight is 409 g/mol. The summed E-state index contributed by atoms with van der Waals surface area (Å²) in [5.74, 6) is 0.613. The molecule has 2 saturated heterocycles. The molecule has 30 heavy (non-hydrogen) atoms. The lowest BCUT2D eigenvalue weighted by molar-refractivity contribution is -0.131. The Kier molecular flexibility index (Phi) is 6.28. The number of pyridine rings is 1. The van der Waals surface area contributed by atoms with Crippen LogP contribution in [0.3, 0.4) is 0 Å². The quantitative estimate of drug-likeness (QED) is 0.837. The van der Waals surface area contributed by atoms with Crippen LogP contribution in [-0.4, -0.2) is 66.0 Å². The summed E-state index contributed by atoms with van der Waals surface area (Å²) >= 11 is 0. The van der Waals surface area contributed by atoms with Gasteiger partial charge in [0, 0.05) is 37.8 Å². The first kappa shape index (κ1) is 20.3. The van der Waals surface area contributed by atoms with Gasteiger partial charge in [-0.25, -0.2) is 4.98 Å². The summed E-state index contributed by atoms with van der Waals surface area (Å²) in [6.07, 6.45) is 2.14. The van der Waals surface area contributed by atoms with E-state index in [4.69, 9.17) is 10.5 Å². The van der Waals surface area contributed by atoms with Gasteiger partial charge in [-0.1, -0.05) is 30.3 Å². The first-order valence-corrected chi connectivity index (χ1v) is 10.6. The van der Waals surface area contributed by atoms with Crippen LogP contribution in [0.25, 0.3) is 0 Å². The summed E-state index contributed by atoms with van der Waals surface area (Å²) in [5, 5.41) is 0. The molecule has 0 radical (unpaired) electrons. The number of hydrogen-bond donors (Lipinski definition) is 1. The fourth-order valence-electron chi connectivity index (χ4n) is 4.14. The molecule has 0 unspecified atom stereocenters. The van der Waals surface area contributed by atoms with Crippen LogP contribution in [0, 0.1) is 0 Å². The Morgan fingerprint density at radius 1 is 0.967 bits per heavy atom. The number of anilines is 1. The summed E-state index contributed by atoms with van der Waals surface area (Å²) in [4.78, 5) is 33.5. The summed E-state index contributed by atoms with van der Waals surface area (Å²) in [6, 6.07) is 13.5. The Balaban J connectivity index is 1.35. The standard InChI is InChI=1S/C23H28N4O3/c24-22-19(23(29)27-12-14-30-15-13-27)6-7-20(25-22)18-8-10-26(11-9-18)21(28)16-17-4-2-1-3-5-17/h1-7,18H,8-16H2,(H2,24,25). The Morgan fingerprint density at radius 2 is 1.67 bits per heavy atom. The number of amides is 2. The first-order chi connectivity index (χ1) is 14.6. The molecule has 2 aromatic rings. The molecular weight excluding hydrogens is 380 g/mol. The van der Waals surface area contributed by atoms with Crippen LogP contribution >= 0.6 is 0 Å². The molecule has 0 bridgehead atoms. The maximum Gasteiger partial charge on any atom is 0.257 e. The molecule has 1 aromatic heterocycles. The normalized spacial score (nSPS) is 17.7. The molecule has 0 spiro atoms. The molecule has 3 heterocycles. The van der Waals surface area contributed by atoms with Crippen LogP contribution in [0.2, 0.25) is 0 Å². The first-order valence-electron chi connectivity index (χ1n) is 10.6. The minimum atomic E-state index is -0.0869. The highest BCUT2D eigenvalue weighted by Gasteiger charge is 2.26. The molecule has 2 aliphatic heterocycles. The smallest absolute Gasteiger partial charge is 0.257 e. The third-order valence-corrected chi connectivity index (χ3v) is 5.94. The second kappa shape index (κ2) is 9.26. The van der Waals surface area contributed by atoms with Gasteiger partial charge in [0.25, 0.3) is 5.91 Å². The number of nitrogen functional groups attached to an aromatic ring is 1. The third-order valence-electron chi connectivity index (χ3n) is 5.94. The van der Waals surface area contributed by atoms with E-state index < -0.39 is 0 Å². The average Bonchev–Trinajstić information content (AvgIpc) is 2.80. The van der Waals surface area contributed by atoms with Crippen molar-refractivity contribution in [3.63, 3.8) is 0 Å². The minimum Gasteiger partial charge on any atom is -0.383 e. The van der Waals surface area contributed by atoms with E-state index in [0.717, 1.165) is 24.1 Å². The lowest BCUT2D eigenvalue weighted by Gasteiger charge is -2.32. The number of aromatic nitrogens is 1. The van der Waals surface area contributed by atoms with Crippen molar-refractivity contribution in [3.8, 4) is 0 Å². The Hall–Kier alpha value is -2.93. The second-order valence-electron chi connectivity index (χ2n) is 7.89. The number of carbonyl (C=O) groups excluding carboxylic acids is 2. The van der Waals surface area contributed by atoms with Crippen molar-refractivity contribution in [2.45, 2.75) is 25.2 Å². The molecule has 158 valence electrons. The van der Waals surface area contributed by atoms with Crippen LogP contribution in [-0.2, 0) is 16.0 Å². The van der Waals surface area contributed by atoms with E-state index in [0.29, 0.717) is 51.4 Å². The largest absolute Gasteiger partial charge is 0.383 e. The molecule has 0 aliphatic carbocycles. The van der Waals surface area contributed by atoms with Crippen LogP contribution in [0.15, 0.2) is 42.5 Å². The predicted octanol–water partition coefficient (Wildman–Crippen LogP) is 2.08. The SMILES string of the molecule is Nc1nc(C2CCN(C(=O)Cc3ccccc3)CC2)ccc1C(=O)N1CCOCC1. The van der Waals surface area contributed by atoms with Gasteiger partial charge in [0.05, 0.1) is 25.2 Å². The molecule has 7 nitrogen and oxygen atoms in total. The molecule has 0 atom stereocenters. The highest BCUT2D eigenvalue weighted by molar-refractivity contribution is 5.98. The molecule has 2 aliphatic rings. The summed E-state index contributed by atoms with van der Waals surface area (Å²) < 4.78 is 5.30. The van der Waals surface area contributed by atoms with Gasteiger partial charge in [-0.3, -0.25) is 9.59 Å². The number of hydrogen-bond acceptors (Lipinski definition) is 5. The minimum absolute atomic E-state index is 0.0869. The van der Waals surface area contributed by atoms with Gasteiger partial charge < -0.3 is 20.3 Å². The van der Waals surface area contributed by atoms with Gasteiger partial charge in [-0.05, 0) is 30.5 Å². The zero-order valence-corrected chi connectivity index (χ0v) is 17.1. The van der Waals surface area contributed by atoms with E-state index in [-0.39, 0.29) is 23.6 Å². The van der Waals surface area contributed by atoms with E-state index >= 15 is 0 Å².